The van der Waals surface area contributed by atoms with Crippen molar-refractivity contribution in [3.8, 4) is 5.75 Å². The Morgan fingerprint density at radius 2 is 2.14 bits per heavy atom. The maximum Gasteiger partial charge on any atom is 0.115 e. The fourth-order valence-corrected chi connectivity index (χ4v) is 6.39. The molecule has 148 valence electrons. The minimum atomic E-state index is -0.369. The first-order valence-corrected chi connectivity index (χ1v) is 10.7. The molecule has 1 heterocycles. The molecule has 2 fully saturated rings. The minimum absolute atomic E-state index is 0.0330. The lowest BCUT2D eigenvalue weighted by Gasteiger charge is -2.49. The Hall–Kier alpha value is -2.07. The molecule has 0 amide bonds. The molecule has 28 heavy (non-hydrogen) atoms. The van der Waals surface area contributed by atoms with Crippen LogP contribution in [-0.4, -0.2) is 26.1 Å². The molecular formula is C24H30N2O2. The van der Waals surface area contributed by atoms with Crippen molar-refractivity contribution < 1.29 is 10.2 Å². The molecule has 3 aliphatic rings. The maximum atomic E-state index is 11.3. The normalized spacial score (nSPS) is 35.5. The first-order valence-electron chi connectivity index (χ1n) is 10.7. The van der Waals surface area contributed by atoms with Crippen LogP contribution in [0.3, 0.4) is 0 Å². The van der Waals surface area contributed by atoms with Gasteiger partial charge in [-0.15, -0.1) is 0 Å². The van der Waals surface area contributed by atoms with Crippen molar-refractivity contribution in [2.45, 2.75) is 64.5 Å². The fraction of sp³-hybridized carbons (Fsp3) is 0.542. The van der Waals surface area contributed by atoms with E-state index in [1.54, 1.807) is 0 Å². The number of nitrogens with zero attached hydrogens (tertiary/aromatic N) is 2. The van der Waals surface area contributed by atoms with Gasteiger partial charge in [0.2, 0.25) is 0 Å². The molecule has 0 aliphatic heterocycles. The van der Waals surface area contributed by atoms with Crippen LogP contribution in [0.4, 0.5) is 0 Å². The summed E-state index contributed by atoms with van der Waals surface area (Å²) in [5.41, 5.74) is 4.84. The van der Waals surface area contributed by atoms with Crippen LogP contribution in [0.5, 0.6) is 5.75 Å². The summed E-state index contributed by atoms with van der Waals surface area (Å²) in [6.45, 7) is 5.26. The number of aryl methyl sites for hydroxylation is 2. The lowest BCUT2D eigenvalue weighted by molar-refractivity contribution is -0.0158. The second-order valence-corrected chi connectivity index (χ2v) is 9.27. The molecule has 1 aromatic heterocycles. The Morgan fingerprint density at radius 3 is 2.93 bits per heavy atom. The first kappa shape index (κ1) is 18.0. The standard InChI is InChI=1S/C24H30N2O2/c1-3-26-11-9-17(25-26)12-16-14-22-21-6-4-15-13-18(27)5-7-19(15)20(21)8-10-24(22,2)23(16)28/h5,7,9,11-13,20-23,27-28H,3-4,6,8,10,14H2,1-2H3/b16-12+/t20-,21-,22-,23+,24-/m0/s1. The summed E-state index contributed by atoms with van der Waals surface area (Å²) in [6, 6.07) is 7.98. The molecule has 0 radical (unpaired) electrons. The van der Waals surface area contributed by atoms with Crippen molar-refractivity contribution >= 4 is 6.08 Å². The third-order valence-corrected chi connectivity index (χ3v) is 7.90. The van der Waals surface area contributed by atoms with E-state index in [4.69, 9.17) is 0 Å². The summed E-state index contributed by atoms with van der Waals surface area (Å²) in [5, 5.41) is 25.7. The molecule has 1 aromatic carbocycles. The smallest absolute Gasteiger partial charge is 0.115 e. The third-order valence-electron chi connectivity index (χ3n) is 7.90. The van der Waals surface area contributed by atoms with Crippen LogP contribution >= 0.6 is 0 Å². The highest BCUT2D eigenvalue weighted by Gasteiger charge is 2.56. The van der Waals surface area contributed by atoms with Gasteiger partial charge in [-0.05, 0) is 97.8 Å². The van der Waals surface area contributed by atoms with Crippen molar-refractivity contribution in [2.75, 3.05) is 0 Å². The summed E-state index contributed by atoms with van der Waals surface area (Å²) >= 11 is 0. The van der Waals surface area contributed by atoms with E-state index in [0.717, 1.165) is 49.9 Å². The van der Waals surface area contributed by atoms with Crippen molar-refractivity contribution in [1.29, 1.82) is 0 Å². The number of rotatable bonds is 2. The molecule has 4 nitrogen and oxygen atoms in total. The summed E-state index contributed by atoms with van der Waals surface area (Å²) in [7, 11) is 0. The van der Waals surface area contributed by atoms with E-state index in [2.05, 4.69) is 31.1 Å². The number of aromatic hydroxyl groups is 1. The number of aliphatic hydroxyl groups is 1. The van der Waals surface area contributed by atoms with Gasteiger partial charge in [0.25, 0.3) is 0 Å². The Balaban J connectivity index is 1.46. The highest BCUT2D eigenvalue weighted by atomic mass is 16.3. The predicted molar refractivity (Wildman–Crippen MR) is 110 cm³/mol. The second kappa shape index (κ2) is 6.48. The van der Waals surface area contributed by atoms with E-state index in [9.17, 15) is 10.2 Å². The minimum Gasteiger partial charge on any atom is -0.508 e. The molecule has 4 heteroatoms. The van der Waals surface area contributed by atoms with Crippen molar-refractivity contribution in [3.05, 3.63) is 52.9 Å². The number of benzene rings is 1. The largest absolute Gasteiger partial charge is 0.508 e. The summed E-state index contributed by atoms with van der Waals surface area (Å²) in [5.74, 6) is 2.08. The summed E-state index contributed by atoms with van der Waals surface area (Å²) < 4.78 is 1.94. The predicted octanol–water partition coefficient (Wildman–Crippen LogP) is 4.52. The van der Waals surface area contributed by atoms with Gasteiger partial charge in [-0.25, -0.2) is 0 Å². The van der Waals surface area contributed by atoms with Crippen LogP contribution in [0, 0.1) is 17.3 Å². The van der Waals surface area contributed by atoms with E-state index >= 15 is 0 Å². The zero-order valence-corrected chi connectivity index (χ0v) is 16.8. The molecule has 3 aliphatic carbocycles. The quantitative estimate of drug-likeness (QED) is 0.808. The van der Waals surface area contributed by atoms with Crippen LogP contribution in [0.1, 0.15) is 62.3 Å². The van der Waals surface area contributed by atoms with Crippen molar-refractivity contribution in [1.82, 2.24) is 9.78 Å². The highest BCUT2D eigenvalue weighted by molar-refractivity contribution is 5.52. The molecule has 5 atom stereocenters. The SMILES string of the molecule is CCn1ccc(/C=C2\C[C@H]3[C@H]4CCc5cc(O)ccc5[C@@H]4CC[C@]3(C)[C@@H]2O)n1. The van der Waals surface area contributed by atoms with Gasteiger partial charge in [-0.1, -0.05) is 13.0 Å². The first-order chi connectivity index (χ1) is 13.5. The third kappa shape index (κ3) is 2.65. The molecule has 0 saturated heterocycles. The Morgan fingerprint density at radius 1 is 1.29 bits per heavy atom. The zero-order chi connectivity index (χ0) is 19.5. The molecule has 0 bridgehead atoms. The van der Waals surface area contributed by atoms with Gasteiger partial charge in [-0.3, -0.25) is 4.68 Å². The van der Waals surface area contributed by atoms with E-state index in [-0.39, 0.29) is 11.5 Å². The molecule has 2 aromatic rings. The maximum absolute atomic E-state index is 11.3. The fourth-order valence-electron chi connectivity index (χ4n) is 6.39. The van der Waals surface area contributed by atoms with Crippen LogP contribution in [0.15, 0.2) is 36.0 Å². The van der Waals surface area contributed by atoms with Gasteiger partial charge in [0.15, 0.2) is 0 Å². The average Bonchev–Trinajstić information content (AvgIpc) is 3.25. The van der Waals surface area contributed by atoms with E-state index in [1.165, 1.54) is 11.1 Å². The number of aromatic nitrogens is 2. The summed E-state index contributed by atoms with van der Waals surface area (Å²) in [6.07, 6.45) is 9.12. The van der Waals surface area contributed by atoms with Crippen molar-refractivity contribution in [3.63, 3.8) is 0 Å². The number of phenolic OH excluding ortho intramolecular Hbond substituents is 1. The average molecular weight is 379 g/mol. The van der Waals surface area contributed by atoms with Crippen LogP contribution in [0.25, 0.3) is 6.08 Å². The second-order valence-electron chi connectivity index (χ2n) is 9.27. The van der Waals surface area contributed by atoms with Gasteiger partial charge in [0.1, 0.15) is 5.75 Å². The number of hydrogen-bond acceptors (Lipinski definition) is 3. The Labute approximate surface area is 166 Å². The van der Waals surface area contributed by atoms with Gasteiger partial charge >= 0.3 is 0 Å². The number of fused-ring (bicyclic) bond motifs is 5. The van der Waals surface area contributed by atoms with E-state index in [1.807, 2.05) is 29.1 Å². The zero-order valence-electron chi connectivity index (χ0n) is 16.8. The van der Waals surface area contributed by atoms with Crippen LogP contribution in [0.2, 0.25) is 0 Å². The molecular weight excluding hydrogens is 348 g/mol. The Kier molecular flexibility index (Phi) is 4.16. The molecule has 5 rings (SSSR count). The Bertz CT molecular complexity index is 930. The molecule has 2 N–H and O–H groups in total. The number of aliphatic hydroxyl groups excluding tert-OH is 1. The van der Waals surface area contributed by atoms with Crippen molar-refractivity contribution in [2.24, 2.45) is 17.3 Å². The summed E-state index contributed by atoms with van der Waals surface area (Å²) in [4.78, 5) is 0. The van der Waals surface area contributed by atoms with E-state index in [0.29, 0.717) is 23.5 Å². The topological polar surface area (TPSA) is 58.3 Å². The van der Waals surface area contributed by atoms with Gasteiger partial charge in [0.05, 0.1) is 11.8 Å². The van der Waals surface area contributed by atoms with Gasteiger partial charge in [0, 0.05) is 18.2 Å². The lowest BCUT2D eigenvalue weighted by Crippen LogP contribution is -2.44. The van der Waals surface area contributed by atoms with Crippen LogP contribution < -0.4 is 0 Å². The molecule has 0 spiro atoms. The lowest BCUT2D eigenvalue weighted by atomic mass is 9.55. The molecule has 2 saturated carbocycles. The van der Waals surface area contributed by atoms with Gasteiger partial charge in [-0.2, -0.15) is 5.10 Å². The van der Waals surface area contributed by atoms with E-state index < -0.39 is 0 Å². The van der Waals surface area contributed by atoms with Gasteiger partial charge < -0.3 is 10.2 Å². The monoisotopic (exact) mass is 378 g/mol. The number of hydrogen-bond donors (Lipinski definition) is 2. The number of phenols is 1. The molecule has 0 unspecified atom stereocenters. The van der Waals surface area contributed by atoms with Crippen LogP contribution in [-0.2, 0) is 13.0 Å². The highest BCUT2D eigenvalue weighted by Crippen LogP contribution is 2.62.